The Hall–Kier alpha value is -1.31. The van der Waals surface area contributed by atoms with Crippen LogP contribution in [-0.4, -0.2) is 5.97 Å². The molecule has 0 radical (unpaired) electrons. The first kappa shape index (κ1) is 14.3. The van der Waals surface area contributed by atoms with Gasteiger partial charge < -0.3 is 4.74 Å². The van der Waals surface area contributed by atoms with Crippen molar-refractivity contribution in [1.29, 1.82) is 0 Å². The van der Waals surface area contributed by atoms with Crippen LogP contribution >= 0.6 is 0 Å². The van der Waals surface area contributed by atoms with Gasteiger partial charge in [-0.1, -0.05) is 32.4 Å². The van der Waals surface area contributed by atoms with Gasteiger partial charge >= 0.3 is 5.97 Å². The van der Waals surface area contributed by atoms with E-state index >= 15 is 0 Å². The number of esters is 1. The quantitative estimate of drug-likeness (QED) is 0.521. The molecule has 3 aliphatic carbocycles. The molecule has 2 bridgehead atoms. The molecule has 1 heterocycles. The van der Waals surface area contributed by atoms with Crippen LogP contribution in [0.1, 0.15) is 47.0 Å². The fraction of sp³-hybridized carbons (Fsp3) is 0.650. The first-order chi connectivity index (χ1) is 10.4. The maximum Gasteiger partial charge on any atom is 0.339 e. The largest absolute Gasteiger partial charge is 0.423 e. The molecule has 0 aromatic rings. The Kier molecular flexibility index (Phi) is 2.99. The van der Waals surface area contributed by atoms with Gasteiger partial charge in [0.1, 0.15) is 5.76 Å². The second kappa shape index (κ2) is 4.59. The third-order valence-corrected chi connectivity index (χ3v) is 6.90. The summed E-state index contributed by atoms with van der Waals surface area (Å²) in [6.45, 7) is 9.07. The molecule has 4 aliphatic rings. The Morgan fingerprint density at radius 3 is 2.82 bits per heavy atom. The lowest BCUT2D eigenvalue weighted by Crippen LogP contribution is -2.27. The number of hydrogen-bond donors (Lipinski definition) is 0. The lowest BCUT2D eigenvalue weighted by atomic mass is 9.71. The van der Waals surface area contributed by atoms with Crippen LogP contribution in [0.5, 0.6) is 0 Å². The highest BCUT2D eigenvalue weighted by Gasteiger charge is 2.56. The number of carbonyl (C=O) groups is 1. The van der Waals surface area contributed by atoms with Crippen molar-refractivity contribution in [2.45, 2.75) is 47.0 Å². The molecule has 5 unspecified atom stereocenters. The van der Waals surface area contributed by atoms with Crippen molar-refractivity contribution < 1.29 is 9.53 Å². The molecule has 5 atom stereocenters. The molecule has 0 aromatic heterocycles. The summed E-state index contributed by atoms with van der Waals surface area (Å²) in [6.07, 6.45) is 10.6. The lowest BCUT2D eigenvalue weighted by Gasteiger charge is -2.33. The molecule has 2 fully saturated rings. The number of fused-ring (bicyclic) bond motifs is 4. The Balaban J connectivity index is 1.71. The summed E-state index contributed by atoms with van der Waals surface area (Å²) in [5.41, 5.74) is 2.73. The topological polar surface area (TPSA) is 26.3 Å². The van der Waals surface area contributed by atoms with Crippen LogP contribution in [-0.2, 0) is 9.53 Å². The lowest BCUT2D eigenvalue weighted by molar-refractivity contribution is -0.133. The summed E-state index contributed by atoms with van der Waals surface area (Å²) >= 11 is 0. The van der Waals surface area contributed by atoms with Crippen LogP contribution in [0.2, 0.25) is 0 Å². The summed E-state index contributed by atoms with van der Waals surface area (Å²) in [5.74, 6) is 4.14. The van der Waals surface area contributed by atoms with Crippen LogP contribution in [0.4, 0.5) is 0 Å². The van der Waals surface area contributed by atoms with Gasteiger partial charge in [-0.25, -0.2) is 4.79 Å². The van der Waals surface area contributed by atoms with E-state index in [0.717, 1.165) is 35.0 Å². The van der Waals surface area contributed by atoms with Gasteiger partial charge in [-0.3, -0.25) is 0 Å². The Morgan fingerprint density at radius 1 is 1.36 bits per heavy atom. The average Bonchev–Trinajstić information content (AvgIpc) is 3.04. The van der Waals surface area contributed by atoms with Crippen molar-refractivity contribution in [3.8, 4) is 0 Å². The van der Waals surface area contributed by atoms with Gasteiger partial charge in [0.2, 0.25) is 0 Å². The van der Waals surface area contributed by atoms with E-state index < -0.39 is 0 Å². The highest BCUT2D eigenvalue weighted by atomic mass is 16.5. The molecule has 22 heavy (non-hydrogen) atoms. The maximum atomic E-state index is 11.6. The van der Waals surface area contributed by atoms with Crippen molar-refractivity contribution >= 4 is 5.97 Å². The van der Waals surface area contributed by atoms with Crippen LogP contribution in [0.15, 0.2) is 35.1 Å². The summed E-state index contributed by atoms with van der Waals surface area (Å²) < 4.78 is 5.43. The van der Waals surface area contributed by atoms with Gasteiger partial charge in [0.25, 0.3) is 0 Å². The summed E-state index contributed by atoms with van der Waals surface area (Å²) in [5, 5.41) is 0. The van der Waals surface area contributed by atoms with E-state index in [2.05, 4.69) is 32.9 Å². The van der Waals surface area contributed by atoms with Crippen molar-refractivity contribution in [3.63, 3.8) is 0 Å². The first-order valence-corrected chi connectivity index (χ1v) is 8.69. The Labute approximate surface area is 133 Å². The van der Waals surface area contributed by atoms with Crippen molar-refractivity contribution in [2.24, 2.45) is 35.0 Å². The molecule has 2 saturated carbocycles. The standard InChI is InChI=1S/C20H26O2/c1-11-5-6-13-8-14-9-16(18(11)13)17(20(14,3)4)10-15-7-12(2)19(21)22-15/h6-7,10-11,14,16-18H,5,8-9H2,1-4H3. The van der Waals surface area contributed by atoms with Crippen LogP contribution in [0.3, 0.4) is 0 Å². The van der Waals surface area contributed by atoms with E-state index in [4.69, 9.17) is 4.74 Å². The van der Waals surface area contributed by atoms with Crippen LogP contribution < -0.4 is 0 Å². The minimum atomic E-state index is -0.181. The molecule has 118 valence electrons. The van der Waals surface area contributed by atoms with Gasteiger partial charge in [0.15, 0.2) is 0 Å². The minimum Gasteiger partial charge on any atom is -0.423 e. The zero-order chi connectivity index (χ0) is 15.6. The molecule has 1 aliphatic heterocycles. The van der Waals surface area contributed by atoms with Crippen LogP contribution in [0, 0.1) is 35.0 Å². The molecular weight excluding hydrogens is 272 g/mol. The molecule has 2 nitrogen and oxygen atoms in total. The van der Waals surface area contributed by atoms with E-state index in [-0.39, 0.29) is 5.97 Å². The molecule has 0 N–H and O–H groups in total. The van der Waals surface area contributed by atoms with Crippen molar-refractivity contribution in [3.05, 3.63) is 35.1 Å². The van der Waals surface area contributed by atoms with Gasteiger partial charge in [0.05, 0.1) is 0 Å². The first-order valence-electron chi connectivity index (χ1n) is 8.69. The fourth-order valence-electron chi connectivity index (χ4n) is 5.59. The predicted molar refractivity (Wildman–Crippen MR) is 86.8 cm³/mol. The fourth-order valence-corrected chi connectivity index (χ4v) is 5.59. The van der Waals surface area contributed by atoms with Gasteiger partial charge in [-0.15, -0.1) is 0 Å². The zero-order valence-electron chi connectivity index (χ0n) is 14.1. The molecule has 0 spiro atoms. The third kappa shape index (κ3) is 1.89. The maximum absolute atomic E-state index is 11.6. The number of cyclic esters (lactones) is 1. The number of carbonyl (C=O) groups excluding carboxylic acids is 1. The predicted octanol–water partition coefficient (Wildman–Crippen LogP) is 4.64. The number of hydrogen-bond acceptors (Lipinski definition) is 2. The number of rotatable bonds is 1. The van der Waals surface area contributed by atoms with Gasteiger partial charge in [-0.05, 0) is 73.3 Å². The molecular formula is C20H26O2. The zero-order valence-corrected chi connectivity index (χ0v) is 14.1. The monoisotopic (exact) mass is 298 g/mol. The second-order valence-electron chi connectivity index (χ2n) is 8.45. The molecule has 0 saturated heterocycles. The summed E-state index contributed by atoms with van der Waals surface area (Å²) in [7, 11) is 0. The van der Waals surface area contributed by atoms with E-state index in [1.165, 1.54) is 19.3 Å². The van der Waals surface area contributed by atoms with E-state index in [1.54, 1.807) is 5.57 Å². The highest BCUT2D eigenvalue weighted by molar-refractivity contribution is 5.92. The SMILES string of the molecule is CC1=CC(=CC2C3CC(CC4=CCC(C)C43)C2(C)C)OC1=O. The van der Waals surface area contributed by atoms with E-state index in [9.17, 15) is 4.79 Å². The highest BCUT2D eigenvalue weighted by Crippen LogP contribution is 2.63. The molecule has 0 aromatic carbocycles. The second-order valence-corrected chi connectivity index (χ2v) is 8.45. The Bertz CT molecular complexity index is 620. The van der Waals surface area contributed by atoms with Gasteiger partial charge in [0, 0.05) is 5.57 Å². The van der Waals surface area contributed by atoms with Crippen LogP contribution in [0.25, 0.3) is 0 Å². The number of ether oxygens (including phenoxy) is 1. The summed E-state index contributed by atoms with van der Waals surface area (Å²) in [4.78, 5) is 11.6. The smallest absolute Gasteiger partial charge is 0.339 e. The van der Waals surface area contributed by atoms with E-state index in [0.29, 0.717) is 11.3 Å². The van der Waals surface area contributed by atoms with Gasteiger partial charge in [-0.2, -0.15) is 0 Å². The number of allylic oxidation sites excluding steroid dienone is 4. The third-order valence-electron chi connectivity index (χ3n) is 6.90. The molecule has 2 heteroatoms. The molecule has 4 rings (SSSR count). The summed E-state index contributed by atoms with van der Waals surface area (Å²) in [6, 6.07) is 0. The van der Waals surface area contributed by atoms with Crippen molar-refractivity contribution in [2.75, 3.05) is 0 Å². The molecule has 0 amide bonds. The van der Waals surface area contributed by atoms with Crippen molar-refractivity contribution in [1.82, 2.24) is 0 Å². The Morgan fingerprint density at radius 2 is 2.14 bits per heavy atom. The normalized spacial score (nSPS) is 43.9. The minimum absolute atomic E-state index is 0.181. The average molecular weight is 298 g/mol. The van der Waals surface area contributed by atoms with E-state index in [1.807, 2.05) is 13.0 Å².